The van der Waals surface area contributed by atoms with Crippen LogP contribution in [0.3, 0.4) is 0 Å². The van der Waals surface area contributed by atoms with E-state index in [1.165, 1.54) is 48.3 Å². The van der Waals surface area contributed by atoms with Crippen molar-refractivity contribution in [2.45, 2.75) is 38.1 Å². The van der Waals surface area contributed by atoms with Gasteiger partial charge in [-0.25, -0.2) is 28.4 Å². The van der Waals surface area contributed by atoms with Gasteiger partial charge in [-0.2, -0.15) is 5.10 Å². The van der Waals surface area contributed by atoms with Gasteiger partial charge in [0.15, 0.2) is 11.3 Å². The highest BCUT2D eigenvalue weighted by Crippen LogP contribution is 2.33. The van der Waals surface area contributed by atoms with Crippen LogP contribution in [0, 0.1) is 11.6 Å². The van der Waals surface area contributed by atoms with E-state index >= 15 is 0 Å². The van der Waals surface area contributed by atoms with Gasteiger partial charge in [0.2, 0.25) is 0 Å². The summed E-state index contributed by atoms with van der Waals surface area (Å²) >= 11 is 0. The van der Waals surface area contributed by atoms with Gasteiger partial charge in [-0.1, -0.05) is 12.8 Å². The quantitative estimate of drug-likeness (QED) is 0.328. The number of carbonyl (C=O) groups excluding carboxylic acids is 1. The van der Waals surface area contributed by atoms with Crippen molar-refractivity contribution in [3.63, 3.8) is 0 Å². The summed E-state index contributed by atoms with van der Waals surface area (Å²) in [4.78, 5) is 31.3. The highest BCUT2D eigenvalue weighted by molar-refractivity contribution is 6.01. The van der Waals surface area contributed by atoms with Gasteiger partial charge >= 0.3 is 0 Å². The minimum atomic E-state index is -0.424. The van der Waals surface area contributed by atoms with Crippen molar-refractivity contribution in [2.24, 2.45) is 0 Å². The molecule has 1 amide bonds. The Bertz CT molecular complexity index is 1620. The average molecular weight is 514 g/mol. The number of benzene rings is 2. The molecule has 1 aliphatic rings. The van der Waals surface area contributed by atoms with Crippen molar-refractivity contribution in [2.75, 3.05) is 7.05 Å². The number of amides is 1. The van der Waals surface area contributed by atoms with Crippen LogP contribution in [0.5, 0.6) is 0 Å². The first kappa shape index (κ1) is 23.9. The summed E-state index contributed by atoms with van der Waals surface area (Å²) in [6.45, 7) is 0.171. The molecule has 38 heavy (non-hydrogen) atoms. The molecule has 0 unspecified atom stereocenters. The second-order valence-corrected chi connectivity index (χ2v) is 9.68. The lowest BCUT2D eigenvalue weighted by atomic mass is 10.1. The maximum Gasteiger partial charge on any atom is 0.274 e. The number of aromatic nitrogens is 6. The molecule has 3 heterocycles. The van der Waals surface area contributed by atoms with E-state index in [9.17, 15) is 13.6 Å². The summed E-state index contributed by atoms with van der Waals surface area (Å²) < 4.78 is 29.5. The summed E-state index contributed by atoms with van der Waals surface area (Å²) in [7, 11) is 1.65. The standard InChI is InChI=1S/C28H25F2N7O/c1-36(28(38)25-24-27(32-16-31-25)35-26(34-24)18-4-2-3-5-18)14-17-10-19(12-22(30)11-17)20-13-33-37(15-20)23-8-6-21(29)7-9-23/h6-13,15-16,18H,2-5,14H2,1H3,(H,31,32,34,35). The highest BCUT2D eigenvalue weighted by atomic mass is 19.1. The predicted molar refractivity (Wildman–Crippen MR) is 138 cm³/mol. The number of nitrogens with zero attached hydrogens (tertiary/aromatic N) is 6. The smallest absolute Gasteiger partial charge is 0.274 e. The minimum Gasteiger partial charge on any atom is -0.338 e. The van der Waals surface area contributed by atoms with Gasteiger partial charge < -0.3 is 9.88 Å². The Morgan fingerprint density at radius 1 is 1.05 bits per heavy atom. The van der Waals surface area contributed by atoms with E-state index in [2.05, 4.69) is 25.0 Å². The number of hydrogen-bond donors (Lipinski definition) is 1. The largest absolute Gasteiger partial charge is 0.338 e. The van der Waals surface area contributed by atoms with E-state index in [1.807, 2.05) is 6.07 Å². The molecule has 6 rings (SSSR count). The molecule has 8 nitrogen and oxygen atoms in total. The van der Waals surface area contributed by atoms with Crippen molar-refractivity contribution >= 4 is 17.1 Å². The first-order valence-corrected chi connectivity index (χ1v) is 12.5. The van der Waals surface area contributed by atoms with Gasteiger partial charge in [0.05, 0.1) is 11.9 Å². The van der Waals surface area contributed by atoms with Crippen LogP contribution in [0.1, 0.15) is 53.5 Å². The number of imidazole rings is 1. The van der Waals surface area contributed by atoms with E-state index in [-0.39, 0.29) is 24.0 Å². The molecule has 0 radical (unpaired) electrons. The van der Waals surface area contributed by atoms with Gasteiger partial charge in [0, 0.05) is 31.3 Å². The monoisotopic (exact) mass is 513 g/mol. The van der Waals surface area contributed by atoms with Gasteiger partial charge in [-0.15, -0.1) is 0 Å². The lowest BCUT2D eigenvalue weighted by Gasteiger charge is -2.17. The van der Waals surface area contributed by atoms with Crippen LogP contribution in [0.25, 0.3) is 28.0 Å². The third kappa shape index (κ3) is 4.65. The first-order chi connectivity index (χ1) is 18.4. The Kier molecular flexibility index (Phi) is 6.15. The van der Waals surface area contributed by atoms with E-state index < -0.39 is 5.82 Å². The second-order valence-electron chi connectivity index (χ2n) is 9.68. The van der Waals surface area contributed by atoms with Crippen LogP contribution in [0.4, 0.5) is 8.78 Å². The fourth-order valence-electron chi connectivity index (χ4n) is 5.04. The molecular weight excluding hydrogens is 488 g/mol. The molecular formula is C28H25F2N7O. The molecule has 10 heteroatoms. The number of nitrogens with one attached hydrogen (secondary N) is 1. The SMILES string of the molecule is CN(Cc1cc(F)cc(-c2cnn(-c3ccc(F)cc3)c2)c1)C(=O)c1ncnc2nc(C3CCCC3)[nH]c12. The number of fused-ring (bicyclic) bond motifs is 1. The third-order valence-corrected chi connectivity index (χ3v) is 6.98. The van der Waals surface area contributed by atoms with Crippen molar-refractivity contribution in [3.8, 4) is 16.8 Å². The summed E-state index contributed by atoms with van der Waals surface area (Å²) in [6.07, 6.45) is 9.20. The van der Waals surface area contributed by atoms with Crippen LogP contribution in [0.2, 0.25) is 0 Å². The number of hydrogen-bond acceptors (Lipinski definition) is 5. The molecule has 0 bridgehead atoms. The van der Waals surface area contributed by atoms with E-state index in [1.54, 1.807) is 36.3 Å². The van der Waals surface area contributed by atoms with Crippen molar-refractivity contribution in [1.29, 1.82) is 0 Å². The summed E-state index contributed by atoms with van der Waals surface area (Å²) in [5, 5.41) is 4.32. The zero-order valence-electron chi connectivity index (χ0n) is 20.7. The fraction of sp³-hybridized carbons (Fsp3) is 0.250. The molecule has 1 saturated carbocycles. The Labute approximate surface area is 217 Å². The van der Waals surface area contributed by atoms with Gasteiger partial charge in [-0.3, -0.25) is 4.79 Å². The number of rotatable bonds is 6. The van der Waals surface area contributed by atoms with Crippen LogP contribution in [-0.2, 0) is 6.54 Å². The van der Waals surface area contributed by atoms with E-state index in [0.29, 0.717) is 39.5 Å². The fourth-order valence-corrected chi connectivity index (χ4v) is 5.04. The Balaban J connectivity index is 1.23. The van der Waals surface area contributed by atoms with Gasteiger partial charge in [0.1, 0.15) is 29.3 Å². The summed E-state index contributed by atoms with van der Waals surface area (Å²) in [5.74, 6) is 0.133. The molecule has 192 valence electrons. The topological polar surface area (TPSA) is 92.6 Å². The molecule has 1 N–H and O–H groups in total. The minimum absolute atomic E-state index is 0.171. The molecule has 3 aromatic heterocycles. The summed E-state index contributed by atoms with van der Waals surface area (Å²) in [5.41, 5.74) is 3.86. The highest BCUT2D eigenvalue weighted by Gasteiger charge is 2.24. The number of aromatic amines is 1. The number of halogens is 2. The van der Waals surface area contributed by atoms with E-state index in [4.69, 9.17) is 0 Å². The van der Waals surface area contributed by atoms with Crippen LogP contribution in [0.15, 0.2) is 61.2 Å². The van der Waals surface area contributed by atoms with Crippen molar-refractivity contribution in [3.05, 3.63) is 89.9 Å². The molecule has 1 aliphatic carbocycles. The van der Waals surface area contributed by atoms with E-state index in [0.717, 1.165) is 18.7 Å². The summed E-state index contributed by atoms with van der Waals surface area (Å²) in [6, 6.07) is 10.6. The lowest BCUT2D eigenvalue weighted by molar-refractivity contribution is 0.0781. The zero-order chi connectivity index (χ0) is 26.2. The lowest BCUT2D eigenvalue weighted by Crippen LogP contribution is -2.27. The predicted octanol–water partition coefficient (Wildman–Crippen LogP) is 5.41. The second kappa shape index (κ2) is 9.77. The number of H-pyrrole nitrogens is 1. The Morgan fingerprint density at radius 2 is 1.84 bits per heavy atom. The molecule has 0 aliphatic heterocycles. The maximum atomic E-state index is 14.6. The van der Waals surface area contributed by atoms with Gasteiger partial charge in [0.25, 0.3) is 5.91 Å². The molecule has 0 saturated heterocycles. The Hall–Kier alpha value is -4.47. The van der Waals surface area contributed by atoms with Crippen molar-refractivity contribution in [1.82, 2.24) is 34.6 Å². The molecule has 0 spiro atoms. The number of carbonyl (C=O) groups is 1. The first-order valence-electron chi connectivity index (χ1n) is 12.5. The third-order valence-electron chi connectivity index (χ3n) is 6.98. The Morgan fingerprint density at radius 3 is 2.63 bits per heavy atom. The molecule has 1 fully saturated rings. The molecule has 2 aromatic carbocycles. The molecule has 0 atom stereocenters. The zero-order valence-corrected chi connectivity index (χ0v) is 20.7. The van der Waals surface area contributed by atoms with Crippen LogP contribution < -0.4 is 0 Å². The molecule has 5 aromatic rings. The normalized spacial score (nSPS) is 13.9. The maximum absolute atomic E-state index is 14.6. The average Bonchev–Trinajstić information content (AvgIpc) is 3.68. The van der Waals surface area contributed by atoms with Crippen LogP contribution >= 0.6 is 0 Å². The van der Waals surface area contributed by atoms with Crippen LogP contribution in [-0.4, -0.2) is 47.6 Å². The van der Waals surface area contributed by atoms with Crippen molar-refractivity contribution < 1.29 is 13.6 Å². The van der Waals surface area contributed by atoms with Gasteiger partial charge in [-0.05, 0) is 66.4 Å².